The Bertz CT molecular complexity index is 609. The molecule has 0 saturated carbocycles. The molecular formula is C13H15BrN2O3S. The van der Waals surface area contributed by atoms with Gasteiger partial charge >= 0.3 is 5.88 Å². The van der Waals surface area contributed by atoms with Gasteiger partial charge in [0.05, 0.1) is 6.07 Å². The largest absolute Gasteiger partial charge is 0.433 e. The summed E-state index contributed by atoms with van der Waals surface area (Å²) in [7, 11) is 0. The smallest absolute Gasteiger partial charge is 0.404 e. The Morgan fingerprint density at radius 3 is 2.80 bits per heavy atom. The third-order valence-electron chi connectivity index (χ3n) is 2.77. The van der Waals surface area contributed by atoms with Gasteiger partial charge in [0.2, 0.25) is 0 Å². The molecule has 2 rings (SSSR count). The van der Waals surface area contributed by atoms with Crippen LogP contribution in [0.15, 0.2) is 27.1 Å². The monoisotopic (exact) mass is 358 g/mol. The van der Waals surface area contributed by atoms with Crippen LogP contribution in [0.1, 0.15) is 34.9 Å². The minimum atomic E-state index is -0.519. The molecule has 0 aromatic carbocycles. The first-order valence-corrected chi connectivity index (χ1v) is 7.87. The molecule has 7 heteroatoms. The van der Waals surface area contributed by atoms with Gasteiger partial charge in [-0.15, -0.1) is 11.3 Å². The fraction of sp³-hybridized carbons (Fsp3) is 0.385. The lowest BCUT2D eigenvalue weighted by Crippen LogP contribution is -2.22. The molecule has 20 heavy (non-hydrogen) atoms. The molecule has 2 aromatic rings. The average molecular weight is 359 g/mol. The topological polar surface area (TPSA) is 68.3 Å². The Kier molecular flexibility index (Phi) is 4.95. The van der Waals surface area contributed by atoms with Crippen LogP contribution in [-0.2, 0) is 0 Å². The van der Waals surface area contributed by atoms with Gasteiger partial charge in [-0.3, -0.25) is 10.1 Å². The van der Waals surface area contributed by atoms with Crippen LogP contribution in [0.25, 0.3) is 0 Å². The summed E-state index contributed by atoms with van der Waals surface area (Å²) in [6, 6.07) is 4.92. The van der Waals surface area contributed by atoms with E-state index in [9.17, 15) is 10.1 Å². The summed E-state index contributed by atoms with van der Waals surface area (Å²) in [4.78, 5) is 12.5. The molecule has 0 bridgehead atoms. The number of nitrogens with one attached hydrogen (secondary N) is 1. The predicted octanol–water partition coefficient (Wildman–Crippen LogP) is 4.41. The Balaban J connectivity index is 2.35. The van der Waals surface area contributed by atoms with Crippen molar-refractivity contribution in [3.63, 3.8) is 0 Å². The van der Waals surface area contributed by atoms with Crippen LogP contribution in [0.4, 0.5) is 5.88 Å². The highest BCUT2D eigenvalue weighted by Gasteiger charge is 2.24. The summed E-state index contributed by atoms with van der Waals surface area (Å²) in [5.41, 5.74) is 0. The molecule has 0 radical (unpaired) electrons. The average Bonchev–Trinajstić information content (AvgIpc) is 2.98. The van der Waals surface area contributed by atoms with E-state index in [0.717, 1.165) is 22.3 Å². The van der Waals surface area contributed by atoms with Crippen LogP contribution in [0, 0.1) is 17.0 Å². The highest BCUT2D eigenvalue weighted by atomic mass is 79.9. The van der Waals surface area contributed by atoms with Gasteiger partial charge in [-0.1, -0.05) is 6.92 Å². The third-order valence-corrected chi connectivity index (χ3v) is 4.81. The number of aryl methyl sites for hydroxylation is 1. The lowest BCUT2D eigenvalue weighted by molar-refractivity contribution is -0.402. The van der Waals surface area contributed by atoms with Crippen molar-refractivity contribution in [2.45, 2.75) is 26.3 Å². The van der Waals surface area contributed by atoms with Crippen molar-refractivity contribution in [2.75, 3.05) is 6.54 Å². The first-order valence-electron chi connectivity index (χ1n) is 6.26. The molecule has 1 unspecified atom stereocenters. The maximum Gasteiger partial charge on any atom is 0.433 e. The molecule has 0 fully saturated rings. The first kappa shape index (κ1) is 15.2. The molecule has 0 aliphatic heterocycles. The summed E-state index contributed by atoms with van der Waals surface area (Å²) in [6.45, 7) is 4.91. The molecule has 0 aliphatic carbocycles. The highest BCUT2D eigenvalue weighted by molar-refractivity contribution is 9.10. The third kappa shape index (κ3) is 3.28. The number of halogens is 1. The van der Waals surface area contributed by atoms with E-state index >= 15 is 0 Å². The zero-order chi connectivity index (χ0) is 14.7. The van der Waals surface area contributed by atoms with E-state index in [1.54, 1.807) is 17.4 Å². The minimum Gasteiger partial charge on any atom is -0.404 e. The van der Waals surface area contributed by atoms with Crippen LogP contribution in [0.2, 0.25) is 0 Å². The SMILES string of the molecule is CCCNC(c1ccc([N+](=O)[O-])o1)c1sc(C)cc1Br. The van der Waals surface area contributed by atoms with Gasteiger partial charge in [0.25, 0.3) is 0 Å². The molecule has 0 aliphatic rings. The second-order valence-corrected chi connectivity index (χ2v) is 6.53. The van der Waals surface area contributed by atoms with E-state index in [0.29, 0.717) is 5.76 Å². The van der Waals surface area contributed by atoms with Crippen LogP contribution < -0.4 is 5.32 Å². The molecule has 2 heterocycles. The molecule has 5 nitrogen and oxygen atoms in total. The predicted molar refractivity (Wildman–Crippen MR) is 82.3 cm³/mol. The Labute approximate surface area is 129 Å². The van der Waals surface area contributed by atoms with Crippen molar-refractivity contribution in [3.8, 4) is 0 Å². The normalized spacial score (nSPS) is 12.6. The fourth-order valence-corrected chi connectivity index (χ4v) is 3.87. The van der Waals surface area contributed by atoms with E-state index in [4.69, 9.17) is 4.42 Å². The second kappa shape index (κ2) is 6.51. The van der Waals surface area contributed by atoms with Crippen molar-refractivity contribution in [3.05, 3.63) is 48.3 Å². The van der Waals surface area contributed by atoms with E-state index in [1.807, 2.05) is 13.0 Å². The molecule has 1 atom stereocenters. The van der Waals surface area contributed by atoms with Gasteiger partial charge in [0, 0.05) is 14.2 Å². The lowest BCUT2D eigenvalue weighted by atomic mass is 10.2. The summed E-state index contributed by atoms with van der Waals surface area (Å²) >= 11 is 5.18. The number of nitro groups is 1. The molecule has 0 spiro atoms. The second-order valence-electron chi connectivity index (χ2n) is 4.39. The van der Waals surface area contributed by atoms with Crippen molar-refractivity contribution in [1.29, 1.82) is 0 Å². The standard InChI is InChI=1S/C13H15BrN2O3S/c1-3-6-15-12(13-9(14)7-8(2)20-13)10-4-5-11(19-10)16(17)18/h4-5,7,12,15H,3,6H2,1-2H3. The maximum absolute atomic E-state index is 10.7. The fourth-order valence-electron chi connectivity index (χ4n) is 1.90. The van der Waals surface area contributed by atoms with Gasteiger partial charge in [-0.25, -0.2) is 0 Å². The Hall–Kier alpha value is -1.18. The van der Waals surface area contributed by atoms with E-state index in [1.165, 1.54) is 10.9 Å². The van der Waals surface area contributed by atoms with Crippen molar-refractivity contribution in [2.24, 2.45) is 0 Å². The quantitative estimate of drug-likeness (QED) is 0.613. The number of rotatable bonds is 6. The van der Waals surface area contributed by atoms with E-state index < -0.39 is 4.92 Å². The van der Waals surface area contributed by atoms with E-state index in [-0.39, 0.29) is 11.9 Å². The maximum atomic E-state index is 10.7. The van der Waals surface area contributed by atoms with Crippen molar-refractivity contribution in [1.82, 2.24) is 5.32 Å². The Morgan fingerprint density at radius 2 is 2.30 bits per heavy atom. The highest BCUT2D eigenvalue weighted by Crippen LogP contribution is 2.36. The number of hydrogen-bond acceptors (Lipinski definition) is 5. The first-order chi connectivity index (χ1) is 9.52. The van der Waals surface area contributed by atoms with Crippen LogP contribution in [0.5, 0.6) is 0 Å². The van der Waals surface area contributed by atoms with E-state index in [2.05, 4.69) is 28.2 Å². The summed E-state index contributed by atoms with van der Waals surface area (Å²) in [6.07, 6.45) is 0.973. The molecular weight excluding hydrogens is 344 g/mol. The summed E-state index contributed by atoms with van der Waals surface area (Å²) < 4.78 is 6.34. The molecule has 2 aromatic heterocycles. The van der Waals surface area contributed by atoms with Crippen molar-refractivity contribution >= 4 is 33.2 Å². The van der Waals surface area contributed by atoms with Gasteiger partial charge in [-0.2, -0.15) is 0 Å². The van der Waals surface area contributed by atoms with Gasteiger partial charge < -0.3 is 9.73 Å². The van der Waals surface area contributed by atoms with Crippen LogP contribution >= 0.6 is 27.3 Å². The van der Waals surface area contributed by atoms with Crippen LogP contribution in [0.3, 0.4) is 0 Å². The van der Waals surface area contributed by atoms with Crippen LogP contribution in [-0.4, -0.2) is 11.5 Å². The number of hydrogen-bond donors (Lipinski definition) is 1. The molecule has 108 valence electrons. The summed E-state index contributed by atoms with van der Waals surface area (Å²) in [5, 5.41) is 14.1. The molecule has 0 saturated heterocycles. The Morgan fingerprint density at radius 1 is 1.55 bits per heavy atom. The number of thiophene rings is 1. The zero-order valence-electron chi connectivity index (χ0n) is 11.2. The number of furan rings is 1. The number of nitrogens with zero attached hydrogens (tertiary/aromatic N) is 1. The lowest BCUT2D eigenvalue weighted by Gasteiger charge is -2.15. The molecule has 0 amide bonds. The summed E-state index contributed by atoms with van der Waals surface area (Å²) in [5.74, 6) is 0.334. The van der Waals surface area contributed by atoms with Gasteiger partial charge in [0.1, 0.15) is 16.7 Å². The minimum absolute atomic E-state index is 0.170. The zero-order valence-corrected chi connectivity index (χ0v) is 13.6. The molecule has 1 N–H and O–H groups in total. The van der Waals surface area contributed by atoms with Gasteiger partial charge in [-0.05, 0) is 48.0 Å². The van der Waals surface area contributed by atoms with Crippen molar-refractivity contribution < 1.29 is 9.34 Å². The van der Waals surface area contributed by atoms with Gasteiger partial charge in [0.15, 0.2) is 0 Å².